The summed E-state index contributed by atoms with van der Waals surface area (Å²) in [6, 6.07) is 8.28. The molecule has 0 heterocycles. The van der Waals surface area contributed by atoms with Crippen molar-refractivity contribution in [1.29, 1.82) is 0 Å². The van der Waals surface area contributed by atoms with Crippen LogP contribution in [0.2, 0.25) is 0 Å². The maximum Gasteiger partial charge on any atom is 0.228 e. The number of anilines is 1. The van der Waals surface area contributed by atoms with Gasteiger partial charge in [-0.1, -0.05) is 39.0 Å². The number of carbonyl (C=O) groups excluding carboxylic acids is 1. The van der Waals surface area contributed by atoms with Gasteiger partial charge in [-0.2, -0.15) is 0 Å². The van der Waals surface area contributed by atoms with Gasteiger partial charge in [0.2, 0.25) is 5.91 Å². The summed E-state index contributed by atoms with van der Waals surface area (Å²) in [5, 5.41) is 6.47. The topological polar surface area (TPSA) is 41.1 Å². The SMILES string of the molecule is CCNC(C)c1ccccc1NC(=O)C1CC1(C)C. The molecule has 1 amide bonds. The third-order valence-corrected chi connectivity index (χ3v) is 4.03. The van der Waals surface area contributed by atoms with E-state index in [2.05, 4.69) is 44.4 Å². The first-order valence-corrected chi connectivity index (χ1v) is 7.09. The molecule has 1 saturated carbocycles. The lowest BCUT2D eigenvalue weighted by Gasteiger charge is -2.18. The van der Waals surface area contributed by atoms with E-state index in [0.29, 0.717) is 0 Å². The summed E-state index contributed by atoms with van der Waals surface area (Å²) in [7, 11) is 0. The van der Waals surface area contributed by atoms with E-state index >= 15 is 0 Å². The molecular weight excluding hydrogens is 236 g/mol. The second kappa shape index (κ2) is 5.33. The van der Waals surface area contributed by atoms with Gasteiger partial charge in [0, 0.05) is 17.6 Å². The quantitative estimate of drug-likeness (QED) is 0.852. The van der Waals surface area contributed by atoms with Gasteiger partial charge < -0.3 is 10.6 Å². The number of carbonyl (C=O) groups is 1. The maximum absolute atomic E-state index is 12.2. The molecule has 3 nitrogen and oxygen atoms in total. The van der Waals surface area contributed by atoms with Crippen LogP contribution in [0.3, 0.4) is 0 Å². The van der Waals surface area contributed by atoms with E-state index in [0.717, 1.165) is 24.2 Å². The van der Waals surface area contributed by atoms with Gasteiger partial charge in [0.25, 0.3) is 0 Å². The molecular formula is C16H24N2O. The van der Waals surface area contributed by atoms with E-state index in [-0.39, 0.29) is 23.3 Å². The first-order chi connectivity index (χ1) is 8.95. The maximum atomic E-state index is 12.2. The van der Waals surface area contributed by atoms with Crippen molar-refractivity contribution in [2.24, 2.45) is 11.3 Å². The zero-order valence-corrected chi connectivity index (χ0v) is 12.3. The Bertz CT molecular complexity index is 468. The molecule has 0 bridgehead atoms. The molecule has 1 aliphatic rings. The molecule has 104 valence electrons. The molecule has 3 heteroatoms. The van der Waals surface area contributed by atoms with E-state index in [1.165, 1.54) is 0 Å². The Morgan fingerprint density at radius 2 is 2.05 bits per heavy atom. The summed E-state index contributed by atoms with van der Waals surface area (Å²) in [6.45, 7) is 9.41. The highest BCUT2D eigenvalue weighted by molar-refractivity contribution is 5.95. The smallest absolute Gasteiger partial charge is 0.228 e. The third kappa shape index (κ3) is 3.16. The van der Waals surface area contributed by atoms with E-state index in [1.807, 2.05) is 18.2 Å². The molecule has 2 atom stereocenters. The average molecular weight is 260 g/mol. The van der Waals surface area contributed by atoms with Gasteiger partial charge in [-0.15, -0.1) is 0 Å². The number of hydrogen-bond acceptors (Lipinski definition) is 2. The minimum absolute atomic E-state index is 0.154. The van der Waals surface area contributed by atoms with Crippen LogP contribution in [0.5, 0.6) is 0 Å². The van der Waals surface area contributed by atoms with Gasteiger partial charge >= 0.3 is 0 Å². The Balaban J connectivity index is 2.10. The number of para-hydroxylation sites is 1. The zero-order chi connectivity index (χ0) is 14.0. The zero-order valence-electron chi connectivity index (χ0n) is 12.3. The molecule has 19 heavy (non-hydrogen) atoms. The van der Waals surface area contributed by atoms with E-state index < -0.39 is 0 Å². The van der Waals surface area contributed by atoms with Crippen LogP contribution in [0.1, 0.15) is 45.7 Å². The fourth-order valence-electron chi connectivity index (χ4n) is 2.54. The van der Waals surface area contributed by atoms with Crippen LogP contribution in [0.25, 0.3) is 0 Å². The summed E-state index contributed by atoms with van der Waals surface area (Å²) >= 11 is 0. The van der Waals surface area contributed by atoms with Crippen molar-refractivity contribution in [3.05, 3.63) is 29.8 Å². The molecule has 1 aromatic carbocycles. The van der Waals surface area contributed by atoms with Crippen molar-refractivity contribution in [2.45, 2.75) is 40.2 Å². The van der Waals surface area contributed by atoms with Crippen LogP contribution in [0, 0.1) is 11.3 Å². The fourth-order valence-corrected chi connectivity index (χ4v) is 2.54. The van der Waals surface area contributed by atoms with Crippen molar-refractivity contribution < 1.29 is 4.79 Å². The average Bonchev–Trinajstić information content (AvgIpc) is 2.99. The molecule has 1 fully saturated rings. The number of amides is 1. The molecule has 0 radical (unpaired) electrons. The van der Waals surface area contributed by atoms with Crippen LogP contribution in [0.4, 0.5) is 5.69 Å². The molecule has 2 rings (SSSR count). The van der Waals surface area contributed by atoms with Crippen molar-refractivity contribution in [3.8, 4) is 0 Å². The number of hydrogen-bond donors (Lipinski definition) is 2. The summed E-state index contributed by atoms with van der Waals surface area (Å²) in [5.41, 5.74) is 2.26. The Kier molecular flexibility index (Phi) is 3.95. The lowest BCUT2D eigenvalue weighted by atomic mass is 10.1. The highest BCUT2D eigenvalue weighted by atomic mass is 16.2. The summed E-state index contributed by atoms with van der Waals surface area (Å²) < 4.78 is 0. The van der Waals surface area contributed by atoms with Crippen molar-refractivity contribution >= 4 is 11.6 Å². The Hall–Kier alpha value is -1.35. The molecule has 0 spiro atoms. The normalized spacial score (nSPS) is 21.8. The van der Waals surface area contributed by atoms with Crippen LogP contribution in [-0.4, -0.2) is 12.5 Å². The standard InChI is InChI=1S/C16H24N2O/c1-5-17-11(2)12-8-6-7-9-14(12)18-15(19)13-10-16(13,3)4/h6-9,11,13,17H,5,10H2,1-4H3,(H,18,19). The monoisotopic (exact) mass is 260 g/mol. The van der Waals surface area contributed by atoms with Crippen molar-refractivity contribution in [1.82, 2.24) is 5.32 Å². The lowest BCUT2D eigenvalue weighted by Crippen LogP contribution is -2.22. The van der Waals surface area contributed by atoms with Crippen molar-refractivity contribution in [3.63, 3.8) is 0 Å². The van der Waals surface area contributed by atoms with Gasteiger partial charge in [-0.05, 0) is 36.9 Å². The molecule has 2 N–H and O–H groups in total. The minimum atomic E-state index is 0.154. The summed E-state index contributed by atoms with van der Waals surface area (Å²) in [5.74, 6) is 0.316. The predicted molar refractivity (Wildman–Crippen MR) is 79.1 cm³/mol. The van der Waals surface area contributed by atoms with Crippen molar-refractivity contribution in [2.75, 3.05) is 11.9 Å². The Morgan fingerprint density at radius 3 is 2.63 bits per heavy atom. The van der Waals surface area contributed by atoms with Gasteiger partial charge in [-0.3, -0.25) is 4.79 Å². The van der Waals surface area contributed by atoms with E-state index in [1.54, 1.807) is 0 Å². The summed E-state index contributed by atoms with van der Waals surface area (Å²) in [6.07, 6.45) is 0.990. The van der Waals surface area contributed by atoms with Crippen LogP contribution < -0.4 is 10.6 Å². The highest BCUT2D eigenvalue weighted by Gasteiger charge is 2.50. The minimum Gasteiger partial charge on any atom is -0.326 e. The fraction of sp³-hybridized carbons (Fsp3) is 0.562. The Labute approximate surface area is 115 Å². The second-order valence-corrected chi connectivity index (χ2v) is 6.10. The molecule has 1 aromatic rings. The second-order valence-electron chi connectivity index (χ2n) is 6.10. The molecule has 0 aliphatic heterocycles. The Morgan fingerprint density at radius 1 is 1.42 bits per heavy atom. The van der Waals surface area contributed by atoms with Gasteiger partial charge in [0.15, 0.2) is 0 Å². The molecule has 0 aromatic heterocycles. The highest BCUT2D eigenvalue weighted by Crippen LogP contribution is 2.52. The third-order valence-electron chi connectivity index (χ3n) is 4.03. The largest absolute Gasteiger partial charge is 0.326 e. The van der Waals surface area contributed by atoms with Crippen LogP contribution >= 0.6 is 0 Å². The van der Waals surface area contributed by atoms with E-state index in [4.69, 9.17) is 0 Å². The van der Waals surface area contributed by atoms with Gasteiger partial charge in [-0.25, -0.2) is 0 Å². The number of nitrogens with one attached hydrogen (secondary N) is 2. The first-order valence-electron chi connectivity index (χ1n) is 7.09. The van der Waals surface area contributed by atoms with Crippen LogP contribution in [-0.2, 0) is 4.79 Å². The number of rotatable bonds is 5. The molecule has 0 saturated heterocycles. The first kappa shape index (κ1) is 14.1. The predicted octanol–water partition coefficient (Wildman–Crippen LogP) is 3.34. The van der Waals surface area contributed by atoms with Gasteiger partial charge in [0.1, 0.15) is 0 Å². The van der Waals surface area contributed by atoms with Crippen LogP contribution in [0.15, 0.2) is 24.3 Å². The van der Waals surface area contributed by atoms with Gasteiger partial charge in [0.05, 0.1) is 0 Å². The summed E-state index contributed by atoms with van der Waals surface area (Å²) in [4.78, 5) is 12.2. The molecule has 2 unspecified atom stereocenters. The molecule has 1 aliphatic carbocycles. The lowest BCUT2D eigenvalue weighted by molar-refractivity contribution is -0.118. The number of benzene rings is 1. The van der Waals surface area contributed by atoms with E-state index in [9.17, 15) is 4.79 Å².